The van der Waals surface area contributed by atoms with Crippen LogP contribution in [0.4, 0.5) is 0 Å². The third-order valence-electron chi connectivity index (χ3n) is 6.16. The van der Waals surface area contributed by atoms with Gasteiger partial charge in [0.2, 0.25) is 5.91 Å². The van der Waals surface area contributed by atoms with Gasteiger partial charge in [-0.15, -0.1) is 0 Å². The summed E-state index contributed by atoms with van der Waals surface area (Å²) in [6, 6.07) is 0.495. The topological polar surface area (TPSA) is 32.3 Å². The van der Waals surface area contributed by atoms with Crippen molar-refractivity contribution in [3.05, 3.63) is 0 Å². The molecule has 3 fully saturated rings. The maximum absolute atomic E-state index is 12.8. The van der Waals surface area contributed by atoms with Crippen molar-refractivity contribution >= 4 is 5.91 Å². The lowest BCUT2D eigenvalue weighted by atomic mass is 9.81. The third kappa shape index (κ3) is 2.99. The van der Waals surface area contributed by atoms with Crippen molar-refractivity contribution in [2.75, 3.05) is 0 Å². The highest BCUT2D eigenvalue weighted by Crippen LogP contribution is 2.37. The second-order valence-electron chi connectivity index (χ2n) is 7.50. The van der Waals surface area contributed by atoms with Gasteiger partial charge in [0.25, 0.3) is 0 Å². The first-order chi connectivity index (χ1) is 10.2. The van der Waals surface area contributed by atoms with Gasteiger partial charge in [-0.05, 0) is 50.9 Å². The number of carbonyl (C=O) groups excluding carboxylic acids is 1. The van der Waals surface area contributed by atoms with Gasteiger partial charge in [-0.3, -0.25) is 10.1 Å². The SMILES string of the molecule is CCC(C1CCCCC1)N1C(=O)C(C)NC1C1CCCC1. The smallest absolute Gasteiger partial charge is 0.240 e. The molecule has 1 N–H and O–H groups in total. The quantitative estimate of drug-likeness (QED) is 0.857. The summed E-state index contributed by atoms with van der Waals surface area (Å²) in [6.45, 7) is 4.33. The average Bonchev–Trinajstić information content (AvgIpc) is 3.13. The Labute approximate surface area is 129 Å². The van der Waals surface area contributed by atoms with Crippen molar-refractivity contribution < 1.29 is 4.79 Å². The van der Waals surface area contributed by atoms with E-state index in [1.54, 1.807) is 0 Å². The Morgan fingerprint density at radius 3 is 2.33 bits per heavy atom. The highest BCUT2D eigenvalue weighted by Gasteiger charge is 2.45. The summed E-state index contributed by atoms with van der Waals surface area (Å²) < 4.78 is 0. The Morgan fingerprint density at radius 2 is 1.71 bits per heavy atom. The molecule has 3 heteroatoms. The van der Waals surface area contributed by atoms with Crippen LogP contribution >= 0.6 is 0 Å². The summed E-state index contributed by atoms with van der Waals surface area (Å²) in [6.07, 6.45) is 13.5. The lowest BCUT2D eigenvalue weighted by Gasteiger charge is -2.41. The lowest BCUT2D eigenvalue weighted by Crippen LogP contribution is -2.51. The molecule has 1 heterocycles. The molecule has 0 aromatic heterocycles. The number of rotatable bonds is 4. The minimum absolute atomic E-state index is 0.0215. The fraction of sp³-hybridized carbons (Fsp3) is 0.944. The van der Waals surface area contributed by atoms with Gasteiger partial charge in [-0.2, -0.15) is 0 Å². The normalized spacial score (nSPS) is 33.8. The molecular weight excluding hydrogens is 260 g/mol. The molecule has 0 radical (unpaired) electrons. The maximum Gasteiger partial charge on any atom is 0.240 e. The molecule has 3 aliphatic rings. The fourth-order valence-corrected chi connectivity index (χ4v) is 5.05. The zero-order valence-electron chi connectivity index (χ0n) is 13.8. The van der Waals surface area contributed by atoms with Crippen molar-refractivity contribution in [1.29, 1.82) is 0 Å². The van der Waals surface area contributed by atoms with Crippen molar-refractivity contribution in [2.24, 2.45) is 11.8 Å². The van der Waals surface area contributed by atoms with Crippen LogP contribution in [0.25, 0.3) is 0 Å². The first kappa shape index (κ1) is 15.3. The van der Waals surface area contributed by atoms with E-state index in [2.05, 4.69) is 24.1 Å². The van der Waals surface area contributed by atoms with Crippen LogP contribution in [0.5, 0.6) is 0 Å². The molecule has 3 unspecified atom stereocenters. The Bertz CT molecular complexity index is 358. The van der Waals surface area contributed by atoms with E-state index in [0.29, 0.717) is 24.0 Å². The molecular formula is C18H32N2O. The fourth-order valence-electron chi connectivity index (χ4n) is 5.05. The number of carbonyl (C=O) groups is 1. The van der Waals surface area contributed by atoms with Crippen LogP contribution in [0.1, 0.15) is 78.1 Å². The lowest BCUT2D eigenvalue weighted by molar-refractivity contribution is -0.134. The summed E-state index contributed by atoms with van der Waals surface area (Å²) in [5, 5.41) is 3.63. The third-order valence-corrected chi connectivity index (χ3v) is 6.16. The molecule has 1 amide bonds. The van der Waals surface area contributed by atoms with Gasteiger partial charge in [-0.25, -0.2) is 0 Å². The number of hydrogen-bond acceptors (Lipinski definition) is 2. The van der Waals surface area contributed by atoms with Crippen molar-refractivity contribution in [3.8, 4) is 0 Å². The highest BCUT2D eigenvalue weighted by molar-refractivity contribution is 5.84. The highest BCUT2D eigenvalue weighted by atomic mass is 16.2. The molecule has 3 nitrogen and oxygen atoms in total. The number of hydrogen-bond donors (Lipinski definition) is 1. The van der Waals surface area contributed by atoms with Gasteiger partial charge in [0.05, 0.1) is 12.2 Å². The van der Waals surface area contributed by atoms with Gasteiger partial charge in [0.1, 0.15) is 0 Å². The van der Waals surface area contributed by atoms with Crippen LogP contribution in [-0.4, -0.2) is 29.1 Å². The predicted octanol–water partition coefficient (Wildman–Crippen LogP) is 3.68. The van der Waals surface area contributed by atoms with E-state index in [-0.39, 0.29) is 6.04 Å². The Kier molecular flexibility index (Phi) is 4.88. The summed E-state index contributed by atoms with van der Waals surface area (Å²) in [4.78, 5) is 15.1. The molecule has 2 aliphatic carbocycles. The Hall–Kier alpha value is -0.570. The van der Waals surface area contributed by atoms with Crippen molar-refractivity contribution in [3.63, 3.8) is 0 Å². The standard InChI is InChI=1S/C18H32N2O/c1-3-16(14-9-5-4-6-10-14)20-17(15-11-7-8-12-15)19-13(2)18(20)21/h13-17,19H,3-12H2,1-2H3. The van der Waals surface area contributed by atoms with Gasteiger partial charge >= 0.3 is 0 Å². The number of nitrogens with zero attached hydrogens (tertiary/aromatic N) is 1. The maximum atomic E-state index is 12.8. The first-order valence-electron chi connectivity index (χ1n) is 9.30. The van der Waals surface area contributed by atoms with E-state index in [9.17, 15) is 4.79 Å². The minimum Gasteiger partial charge on any atom is -0.322 e. The number of nitrogens with one attached hydrogen (secondary N) is 1. The van der Waals surface area contributed by atoms with Crippen LogP contribution in [0.3, 0.4) is 0 Å². The van der Waals surface area contributed by atoms with Gasteiger partial charge in [-0.1, -0.05) is 39.0 Å². The average molecular weight is 292 g/mol. The largest absolute Gasteiger partial charge is 0.322 e. The van der Waals surface area contributed by atoms with E-state index in [4.69, 9.17) is 0 Å². The molecule has 1 aliphatic heterocycles. The molecule has 0 aromatic rings. The van der Waals surface area contributed by atoms with Crippen LogP contribution in [0.15, 0.2) is 0 Å². The van der Waals surface area contributed by atoms with Crippen molar-refractivity contribution in [2.45, 2.75) is 96.3 Å². The summed E-state index contributed by atoms with van der Waals surface area (Å²) >= 11 is 0. The van der Waals surface area contributed by atoms with Crippen LogP contribution < -0.4 is 5.32 Å². The van der Waals surface area contributed by atoms with Gasteiger partial charge in [0, 0.05) is 6.04 Å². The van der Waals surface area contributed by atoms with Crippen LogP contribution in [-0.2, 0) is 4.79 Å². The van der Waals surface area contributed by atoms with Crippen molar-refractivity contribution in [1.82, 2.24) is 10.2 Å². The first-order valence-corrected chi connectivity index (χ1v) is 9.30. The molecule has 0 aromatic carbocycles. The minimum atomic E-state index is 0.0215. The van der Waals surface area contributed by atoms with Gasteiger partial charge < -0.3 is 4.90 Å². The molecule has 3 rings (SSSR count). The van der Waals surface area contributed by atoms with E-state index < -0.39 is 0 Å². The van der Waals surface area contributed by atoms with Crippen LogP contribution in [0.2, 0.25) is 0 Å². The summed E-state index contributed by atoms with van der Waals surface area (Å²) in [5.41, 5.74) is 0. The molecule has 21 heavy (non-hydrogen) atoms. The van der Waals surface area contributed by atoms with E-state index in [1.807, 2.05) is 0 Å². The molecule has 1 saturated heterocycles. The van der Waals surface area contributed by atoms with Crippen LogP contribution in [0, 0.1) is 11.8 Å². The molecule has 120 valence electrons. The predicted molar refractivity (Wildman–Crippen MR) is 85.8 cm³/mol. The molecule has 2 saturated carbocycles. The molecule has 0 spiro atoms. The van der Waals surface area contributed by atoms with E-state index in [0.717, 1.165) is 12.3 Å². The second kappa shape index (κ2) is 6.68. The monoisotopic (exact) mass is 292 g/mol. The Balaban J connectivity index is 1.78. The van der Waals surface area contributed by atoms with E-state index >= 15 is 0 Å². The molecule has 0 bridgehead atoms. The zero-order chi connectivity index (χ0) is 14.8. The summed E-state index contributed by atoms with van der Waals surface area (Å²) in [7, 11) is 0. The molecule has 3 atom stereocenters. The second-order valence-corrected chi connectivity index (χ2v) is 7.50. The Morgan fingerprint density at radius 1 is 1.10 bits per heavy atom. The van der Waals surface area contributed by atoms with E-state index in [1.165, 1.54) is 57.8 Å². The summed E-state index contributed by atoms with van der Waals surface area (Å²) in [5.74, 6) is 1.80. The van der Waals surface area contributed by atoms with Gasteiger partial charge in [0.15, 0.2) is 0 Å². The number of amides is 1. The zero-order valence-corrected chi connectivity index (χ0v) is 13.8.